The first-order valence-electron chi connectivity index (χ1n) is 5.34. The maximum atomic E-state index is 11.1. The molecule has 4 nitrogen and oxygen atoms in total. The number of hydrogen-bond acceptors (Lipinski definition) is 2. The average Bonchev–Trinajstić information content (AvgIpc) is 2.74. The minimum atomic E-state index is -0.944. The van der Waals surface area contributed by atoms with Crippen LogP contribution in [0.4, 0.5) is 0 Å². The Morgan fingerprint density at radius 1 is 1.24 bits per heavy atom. The van der Waals surface area contributed by atoms with Gasteiger partial charge in [-0.25, -0.2) is 4.79 Å². The van der Waals surface area contributed by atoms with Gasteiger partial charge >= 0.3 is 5.97 Å². The first-order chi connectivity index (χ1) is 8.11. The molecule has 2 aromatic rings. The van der Waals surface area contributed by atoms with E-state index in [1.165, 1.54) is 0 Å². The van der Waals surface area contributed by atoms with Crippen LogP contribution in [0.3, 0.4) is 0 Å². The van der Waals surface area contributed by atoms with Gasteiger partial charge in [0, 0.05) is 24.5 Å². The average molecular weight is 231 g/mol. The normalized spacial score (nSPS) is 10.4. The Hall–Kier alpha value is -2.23. The lowest BCUT2D eigenvalue weighted by molar-refractivity contribution is 0.0697. The summed E-state index contributed by atoms with van der Waals surface area (Å²) < 4.78 is 1.83. The van der Waals surface area contributed by atoms with Crippen molar-refractivity contribution in [2.75, 3.05) is 0 Å². The fraction of sp³-hybridized carbons (Fsp3) is 0.154. The number of carboxylic acids is 1. The highest BCUT2D eigenvalue weighted by Gasteiger charge is 2.14. The van der Waals surface area contributed by atoms with Gasteiger partial charge in [-0.3, -0.25) is 0 Å². The van der Waals surface area contributed by atoms with Crippen LogP contribution in [0.25, 0.3) is 11.1 Å². The van der Waals surface area contributed by atoms with E-state index in [4.69, 9.17) is 5.11 Å². The first kappa shape index (κ1) is 11.3. The van der Waals surface area contributed by atoms with Gasteiger partial charge in [-0.1, -0.05) is 12.1 Å². The van der Waals surface area contributed by atoms with E-state index in [9.17, 15) is 9.90 Å². The summed E-state index contributed by atoms with van der Waals surface area (Å²) in [7, 11) is 0. The van der Waals surface area contributed by atoms with Crippen LogP contribution in [0.15, 0.2) is 36.7 Å². The molecule has 0 fully saturated rings. The van der Waals surface area contributed by atoms with E-state index >= 15 is 0 Å². The number of phenols is 1. The zero-order chi connectivity index (χ0) is 12.4. The summed E-state index contributed by atoms with van der Waals surface area (Å²) in [5.41, 5.74) is 1.73. The summed E-state index contributed by atoms with van der Waals surface area (Å²) in [6.07, 6.45) is 3.42. The highest BCUT2D eigenvalue weighted by molar-refractivity contribution is 5.96. The predicted octanol–water partition coefficient (Wildman–Crippen LogP) is 2.58. The third kappa shape index (κ3) is 2.15. The van der Waals surface area contributed by atoms with Crippen LogP contribution in [0.2, 0.25) is 0 Å². The Morgan fingerprint density at radius 3 is 2.41 bits per heavy atom. The molecule has 0 spiro atoms. The lowest BCUT2D eigenvalue weighted by Gasteiger charge is -2.00. The van der Waals surface area contributed by atoms with Crippen molar-refractivity contribution in [3.05, 3.63) is 42.2 Å². The zero-order valence-electron chi connectivity index (χ0n) is 9.42. The number of aryl methyl sites for hydroxylation is 1. The van der Waals surface area contributed by atoms with Gasteiger partial charge in [0.2, 0.25) is 0 Å². The summed E-state index contributed by atoms with van der Waals surface area (Å²) in [5.74, 6) is -0.777. The monoisotopic (exact) mass is 231 g/mol. The van der Waals surface area contributed by atoms with E-state index in [-0.39, 0.29) is 11.3 Å². The molecule has 0 saturated heterocycles. The number of carboxylic acid groups (broad SMARTS) is 1. The van der Waals surface area contributed by atoms with Gasteiger partial charge in [-0.2, -0.15) is 0 Å². The summed E-state index contributed by atoms with van der Waals surface area (Å²) in [4.78, 5) is 11.1. The van der Waals surface area contributed by atoms with E-state index in [2.05, 4.69) is 0 Å². The lowest BCUT2D eigenvalue weighted by atomic mass is 10.0. The molecule has 1 aromatic heterocycles. The lowest BCUT2D eigenvalue weighted by Crippen LogP contribution is -1.96. The standard InChI is InChI=1S/C13H13NO3/c1-2-14-7-11(12(8-14)13(16)17)9-3-5-10(15)6-4-9/h3-8,15H,2H2,1H3,(H,16,17). The molecule has 0 unspecified atom stereocenters. The summed E-state index contributed by atoms with van der Waals surface area (Å²) in [6, 6.07) is 6.50. The smallest absolute Gasteiger partial charge is 0.337 e. The molecule has 88 valence electrons. The summed E-state index contributed by atoms with van der Waals surface area (Å²) in [5, 5.41) is 18.3. The number of rotatable bonds is 3. The van der Waals surface area contributed by atoms with Crippen LogP contribution in [0, 0.1) is 0 Å². The van der Waals surface area contributed by atoms with Crippen LogP contribution >= 0.6 is 0 Å². The minimum Gasteiger partial charge on any atom is -0.508 e. The van der Waals surface area contributed by atoms with Crippen molar-refractivity contribution in [1.82, 2.24) is 4.57 Å². The second-order valence-electron chi connectivity index (χ2n) is 3.77. The van der Waals surface area contributed by atoms with E-state index in [1.54, 1.807) is 36.7 Å². The van der Waals surface area contributed by atoms with E-state index < -0.39 is 5.97 Å². The predicted molar refractivity (Wildman–Crippen MR) is 64.2 cm³/mol. The largest absolute Gasteiger partial charge is 0.508 e. The molecule has 0 bridgehead atoms. The third-order valence-electron chi connectivity index (χ3n) is 2.65. The van der Waals surface area contributed by atoms with Crippen molar-refractivity contribution >= 4 is 5.97 Å². The topological polar surface area (TPSA) is 62.5 Å². The molecule has 0 radical (unpaired) electrons. The molecule has 4 heteroatoms. The quantitative estimate of drug-likeness (QED) is 0.853. The van der Waals surface area contributed by atoms with Crippen molar-refractivity contribution < 1.29 is 15.0 Å². The van der Waals surface area contributed by atoms with Gasteiger partial charge in [-0.05, 0) is 24.6 Å². The van der Waals surface area contributed by atoms with Gasteiger partial charge in [0.15, 0.2) is 0 Å². The van der Waals surface area contributed by atoms with Crippen LogP contribution < -0.4 is 0 Å². The fourth-order valence-corrected chi connectivity index (χ4v) is 1.73. The Kier molecular flexibility index (Phi) is 2.87. The molecule has 0 aliphatic carbocycles. The van der Waals surface area contributed by atoms with Crippen LogP contribution in [0.5, 0.6) is 5.75 Å². The highest BCUT2D eigenvalue weighted by Crippen LogP contribution is 2.26. The first-order valence-corrected chi connectivity index (χ1v) is 5.34. The Labute approximate surface area is 98.8 Å². The number of aromatic carboxylic acids is 1. The van der Waals surface area contributed by atoms with Gasteiger partial charge in [0.05, 0.1) is 5.56 Å². The molecule has 0 aliphatic rings. The number of carbonyl (C=O) groups is 1. The van der Waals surface area contributed by atoms with Crippen molar-refractivity contribution in [2.24, 2.45) is 0 Å². The van der Waals surface area contributed by atoms with E-state index in [0.717, 1.165) is 12.1 Å². The second kappa shape index (κ2) is 4.33. The number of benzene rings is 1. The van der Waals surface area contributed by atoms with Crippen molar-refractivity contribution in [3.8, 4) is 16.9 Å². The maximum absolute atomic E-state index is 11.1. The zero-order valence-corrected chi connectivity index (χ0v) is 9.42. The van der Waals surface area contributed by atoms with Crippen LogP contribution in [-0.4, -0.2) is 20.7 Å². The molecular formula is C13H13NO3. The number of phenolic OH excluding ortho intramolecular Hbond substituents is 1. The van der Waals surface area contributed by atoms with Gasteiger partial charge < -0.3 is 14.8 Å². The fourth-order valence-electron chi connectivity index (χ4n) is 1.73. The van der Waals surface area contributed by atoms with E-state index in [0.29, 0.717) is 5.56 Å². The molecule has 17 heavy (non-hydrogen) atoms. The van der Waals surface area contributed by atoms with E-state index in [1.807, 2.05) is 11.5 Å². The third-order valence-corrected chi connectivity index (χ3v) is 2.65. The second-order valence-corrected chi connectivity index (χ2v) is 3.77. The molecule has 2 rings (SSSR count). The molecule has 0 aliphatic heterocycles. The Balaban J connectivity index is 2.53. The van der Waals surface area contributed by atoms with Gasteiger partial charge in [0.1, 0.15) is 5.75 Å². The van der Waals surface area contributed by atoms with Crippen molar-refractivity contribution in [2.45, 2.75) is 13.5 Å². The SMILES string of the molecule is CCn1cc(C(=O)O)c(-c2ccc(O)cc2)c1. The molecule has 2 N–H and O–H groups in total. The number of nitrogens with zero attached hydrogens (tertiary/aromatic N) is 1. The van der Waals surface area contributed by atoms with Crippen LogP contribution in [0.1, 0.15) is 17.3 Å². The summed E-state index contributed by atoms with van der Waals surface area (Å²) >= 11 is 0. The number of hydrogen-bond donors (Lipinski definition) is 2. The molecular weight excluding hydrogens is 218 g/mol. The Bertz CT molecular complexity index is 540. The maximum Gasteiger partial charge on any atom is 0.337 e. The summed E-state index contributed by atoms with van der Waals surface area (Å²) in [6.45, 7) is 2.67. The molecule has 1 aromatic carbocycles. The highest BCUT2D eigenvalue weighted by atomic mass is 16.4. The van der Waals surface area contributed by atoms with Gasteiger partial charge in [-0.15, -0.1) is 0 Å². The van der Waals surface area contributed by atoms with Gasteiger partial charge in [0.25, 0.3) is 0 Å². The molecule has 0 atom stereocenters. The minimum absolute atomic E-state index is 0.167. The molecule has 0 saturated carbocycles. The van der Waals surface area contributed by atoms with Crippen molar-refractivity contribution in [3.63, 3.8) is 0 Å². The van der Waals surface area contributed by atoms with Crippen molar-refractivity contribution in [1.29, 1.82) is 0 Å². The van der Waals surface area contributed by atoms with Crippen LogP contribution in [-0.2, 0) is 6.54 Å². The number of aromatic nitrogens is 1. The number of aromatic hydroxyl groups is 1. The molecule has 1 heterocycles. The molecule has 0 amide bonds. The Morgan fingerprint density at radius 2 is 1.88 bits per heavy atom.